The Kier molecular flexibility index (Phi) is 5.93. The number of imidazole rings is 1. The van der Waals surface area contributed by atoms with Crippen LogP contribution in [0.5, 0.6) is 5.75 Å². The van der Waals surface area contributed by atoms with Crippen LogP contribution >= 0.6 is 0 Å². The molecular weight excluding hydrogens is 523 g/mol. The number of aromatic nitrogens is 6. The van der Waals surface area contributed by atoms with E-state index in [9.17, 15) is 18.0 Å². The van der Waals surface area contributed by atoms with Gasteiger partial charge >= 0.3 is 6.18 Å². The Morgan fingerprint density at radius 2 is 1.82 bits per heavy atom. The Hall–Kier alpha value is -4.61. The van der Waals surface area contributed by atoms with Crippen molar-refractivity contribution in [1.82, 2.24) is 29.1 Å². The molecule has 0 saturated carbocycles. The lowest BCUT2D eigenvalue weighted by Crippen LogP contribution is -2.38. The zero-order valence-electron chi connectivity index (χ0n) is 22.3. The number of aryl methyl sites for hydroxylation is 3. The molecule has 1 aliphatic rings. The highest BCUT2D eigenvalue weighted by Crippen LogP contribution is 2.41. The number of carbonyl (C=O) groups is 1. The van der Waals surface area contributed by atoms with E-state index < -0.39 is 11.9 Å². The van der Waals surface area contributed by atoms with Crippen molar-refractivity contribution in [3.63, 3.8) is 0 Å². The van der Waals surface area contributed by atoms with Crippen LogP contribution in [-0.2, 0) is 33.2 Å². The van der Waals surface area contributed by atoms with Gasteiger partial charge in [-0.15, -0.1) is 0 Å². The summed E-state index contributed by atoms with van der Waals surface area (Å²) in [6.45, 7) is 2.43. The summed E-state index contributed by atoms with van der Waals surface area (Å²) in [5, 5.41) is 9.09. The number of rotatable bonds is 5. The van der Waals surface area contributed by atoms with Gasteiger partial charge in [0.1, 0.15) is 11.6 Å². The van der Waals surface area contributed by atoms with Crippen LogP contribution in [0.25, 0.3) is 22.0 Å². The molecule has 0 atom stereocenters. The second-order valence-corrected chi connectivity index (χ2v) is 9.87. The van der Waals surface area contributed by atoms with Gasteiger partial charge in [-0.05, 0) is 60.4 Å². The molecule has 3 aromatic heterocycles. The molecule has 40 heavy (non-hydrogen) atoms. The maximum atomic E-state index is 14.1. The van der Waals surface area contributed by atoms with Crippen molar-refractivity contribution in [3.05, 3.63) is 77.1 Å². The van der Waals surface area contributed by atoms with Crippen LogP contribution < -0.4 is 9.64 Å². The maximum absolute atomic E-state index is 14.1. The molecule has 0 bridgehead atoms. The minimum atomic E-state index is -4.66. The predicted molar refractivity (Wildman–Crippen MR) is 142 cm³/mol. The van der Waals surface area contributed by atoms with E-state index in [0.29, 0.717) is 46.8 Å². The molecular formula is C28H26F3N7O2. The first kappa shape index (κ1) is 25.7. The van der Waals surface area contributed by atoms with Crippen molar-refractivity contribution in [2.45, 2.75) is 26.1 Å². The molecule has 0 fully saturated rings. The van der Waals surface area contributed by atoms with Crippen molar-refractivity contribution in [2.24, 2.45) is 14.1 Å². The zero-order chi connectivity index (χ0) is 28.3. The second-order valence-electron chi connectivity index (χ2n) is 9.87. The molecule has 0 radical (unpaired) electrons. The van der Waals surface area contributed by atoms with E-state index in [2.05, 4.69) is 15.2 Å². The van der Waals surface area contributed by atoms with Crippen molar-refractivity contribution >= 4 is 22.6 Å². The fraction of sp³-hybridized carbons (Fsp3) is 0.286. The van der Waals surface area contributed by atoms with Gasteiger partial charge in [0.2, 0.25) is 0 Å². The molecule has 5 aromatic rings. The fourth-order valence-electron chi connectivity index (χ4n) is 5.41. The van der Waals surface area contributed by atoms with Gasteiger partial charge in [-0.1, -0.05) is 0 Å². The van der Waals surface area contributed by atoms with Gasteiger partial charge in [0.25, 0.3) is 5.91 Å². The smallest absolute Gasteiger partial charge is 0.435 e. The fourth-order valence-corrected chi connectivity index (χ4v) is 5.41. The number of ether oxygens (including phenoxy) is 1. The van der Waals surface area contributed by atoms with Gasteiger partial charge in [-0.25, -0.2) is 4.98 Å². The minimum Gasteiger partial charge on any atom is -0.497 e. The summed E-state index contributed by atoms with van der Waals surface area (Å²) in [5.41, 5.74) is 1.72. The van der Waals surface area contributed by atoms with E-state index in [1.54, 1.807) is 48.3 Å². The summed E-state index contributed by atoms with van der Waals surface area (Å²) in [6.07, 6.45) is 0.498. The van der Waals surface area contributed by atoms with Gasteiger partial charge < -0.3 is 9.30 Å². The molecule has 0 N–H and O–H groups in total. The van der Waals surface area contributed by atoms with Crippen LogP contribution in [0.2, 0.25) is 0 Å². The summed E-state index contributed by atoms with van der Waals surface area (Å²) < 4.78 is 52.2. The van der Waals surface area contributed by atoms with Crippen molar-refractivity contribution < 1.29 is 22.7 Å². The largest absolute Gasteiger partial charge is 0.497 e. The Bertz CT molecular complexity index is 1780. The number of carbonyl (C=O) groups excluding carboxylic acids is 1. The monoisotopic (exact) mass is 549 g/mol. The summed E-state index contributed by atoms with van der Waals surface area (Å²) >= 11 is 0. The number of alkyl halides is 3. The highest BCUT2D eigenvalue weighted by Gasteiger charge is 2.39. The first-order valence-electron chi connectivity index (χ1n) is 12.6. The van der Waals surface area contributed by atoms with Gasteiger partial charge in [0, 0.05) is 62.3 Å². The molecule has 0 aliphatic carbocycles. The van der Waals surface area contributed by atoms with Crippen molar-refractivity contribution in [1.29, 1.82) is 0 Å². The average molecular weight is 550 g/mol. The van der Waals surface area contributed by atoms with E-state index in [1.165, 1.54) is 13.2 Å². The Labute approximate surface area is 227 Å². The van der Waals surface area contributed by atoms with Gasteiger partial charge in [0.05, 0.1) is 12.6 Å². The molecule has 2 aromatic carbocycles. The van der Waals surface area contributed by atoms with E-state index in [-0.39, 0.29) is 18.0 Å². The molecule has 6 rings (SSSR count). The number of nitrogens with zero attached hydrogens (tertiary/aromatic N) is 7. The third-order valence-corrected chi connectivity index (χ3v) is 7.33. The average Bonchev–Trinajstić information content (AvgIpc) is 3.60. The second kappa shape index (κ2) is 9.25. The van der Waals surface area contributed by atoms with Gasteiger partial charge in [-0.2, -0.15) is 23.4 Å². The number of methoxy groups -OCH3 is 1. The number of benzene rings is 2. The van der Waals surface area contributed by atoms with Crippen LogP contribution in [0.1, 0.15) is 33.0 Å². The lowest BCUT2D eigenvalue weighted by molar-refractivity contribution is -0.140. The van der Waals surface area contributed by atoms with Crippen molar-refractivity contribution in [3.8, 4) is 16.9 Å². The van der Waals surface area contributed by atoms with Crippen LogP contribution in [0.4, 0.5) is 19.0 Å². The number of fused-ring (bicyclic) bond motifs is 2. The summed E-state index contributed by atoms with van der Waals surface area (Å²) in [4.78, 5) is 19.9. The number of amides is 1. The Balaban J connectivity index is 1.52. The lowest BCUT2D eigenvalue weighted by atomic mass is 9.88. The van der Waals surface area contributed by atoms with E-state index >= 15 is 0 Å². The van der Waals surface area contributed by atoms with Crippen LogP contribution in [0, 0.1) is 6.92 Å². The lowest BCUT2D eigenvalue weighted by Gasteiger charge is -2.29. The minimum absolute atomic E-state index is 0.0512. The summed E-state index contributed by atoms with van der Waals surface area (Å²) in [7, 11) is 4.82. The third kappa shape index (κ3) is 4.19. The Morgan fingerprint density at radius 3 is 2.52 bits per heavy atom. The van der Waals surface area contributed by atoms with Crippen molar-refractivity contribution in [2.75, 3.05) is 18.6 Å². The SMILES string of the molecule is COc1ccc2c(c1)c(N1CCc3c(cc(Cn4ccnc4C)cc3-c3cn(C)nc3C(F)(F)F)C1=O)nn2C. The molecule has 12 heteroatoms. The van der Waals surface area contributed by atoms with E-state index in [0.717, 1.165) is 21.4 Å². The summed E-state index contributed by atoms with van der Waals surface area (Å²) in [5.74, 6) is 1.52. The van der Waals surface area contributed by atoms with Crippen LogP contribution in [0.3, 0.4) is 0 Å². The normalized spacial score (nSPS) is 13.8. The van der Waals surface area contributed by atoms with E-state index in [1.807, 2.05) is 29.7 Å². The number of halogens is 3. The molecule has 9 nitrogen and oxygen atoms in total. The summed E-state index contributed by atoms with van der Waals surface area (Å²) in [6, 6.07) is 9.02. The van der Waals surface area contributed by atoms with Gasteiger partial charge in [-0.3, -0.25) is 19.1 Å². The maximum Gasteiger partial charge on any atom is 0.435 e. The molecule has 1 amide bonds. The van der Waals surface area contributed by atoms with Crippen LogP contribution in [0.15, 0.2) is 48.9 Å². The molecule has 206 valence electrons. The first-order chi connectivity index (χ1) is 19.0. The Morgan fingerprint density at radius 1 is 1.05 bits per heavy atom. The molecule has 0 spiro atoms. The van der Waals surface area contributed by atoms with Gasteiger partial charge in [0.15, 0.2) is 11.5 Å². The molecule has 0 unspecified atom stereocenters. The predicted octanol–water partition coefficient (Wildman–Crippen LogP) is 4.76. The van der Waals surface area contributed by atoms with Crippen LogP contribution in [-0.4, -0.2) is 48.7 Å². The standard InChI is InChI=1S/C28H26F3N7O2/c1-16-32-8-10-37(16)14-17-11-20(23-15-35(2)33-25(23)28(29,30)31)19-7-9-38(27(39)21(19)12-17)26-22-13-18(40-4)5-6-24(22)36(3)34-26/h5-6,8,10-13,15H,7,9,14H2,1-4H3. The molecule has 0 saturated heterocycles. The molecule has 4 heterocycles. The number of anilines is 1. The van der Waals surface area contributed by atoms with E-state index in [4.69, 9.17) is 4.74 Å². The number of hydrogen-bond donors (Lipinski definition) is 0. The highest BCUT2D eigenvalue weighted by atomic mass is 19.4. The zero-order valence-corrected chi connectivity index (χ0v) is 22.3. The highest BCUT2D eigenvalue weighted by molar-refractivity contribution is 6.12. The first-order valence-corrected chi connectivity index (χ1v) is 12.6. The topological polar surface area (TPSA) is 83.0 Å². The number of hydrogen-bond acceptors (Lipinski definition) is 5. The quantitative estimate of drug-likeness (QED) is 0.316. The molecule has 1 aliphatic heterocycles. The third-order valence-electron chi connectivity index (χ3n) is 7.33.